The summed E-state index contributed by atoms with van der Waals surface area (Å²) in [5, 5.41) is 2.57. The summed E-state index contributed by atoms with van der Waals surface area (Å²) in [5.74, 6) is -1.90. The number of methoxy groups -OCH3 is 1. The third-order valence-corrected chi connectivity index (χ3v) is 4.73. The normalized spacial score (nSPS) is 10.7. The fourth-order valence-corrected chi connectivity index (χ4v) is 3.12. The summed E-state index contributed by atoms with van der Waals surface area (Å²) in [4.78, 5) is 34.9. The summed E-state index contributed by atoms with van der Waals surface area (Å²) in [6, 6.07) is 11.4. The van der Waals surface area contributed by atoms with Gasteiger partial charge in [-0.25, -0.2) is 17.9 Å². The van der Waals surface area contributed by atoms with E-state index in [1.54, 1.807) is 12.1 Å². The fraction of sp³-hybridized carbons (Fsp3) is 0.118. The second-order valence-electron chi connectivity index (χ2n) is 5.18. The van der Waals surface area contributed by atoms with Gasteiger partial charge in [0.2, 0.25) is 5.91 Å². The Hall–Kier alpha value is -3.20. The Morgan fingerprint density at radius 2 is 1.50 bits per heavy atom. The van der Waals surface area contributed by atoms with Gasteiger partial charge in [0.15, 0.2) is 0 Å². The van der Waals surface area contributed by atoms with E-state index in [9.17, 15) is 22.8 Å². The Balaban J connectivity index is 2.21. The van der Waals surface area contributed by atoms with Crippen molar-refractivity contribution < 1.29 is 27.5 Å². The molecule has 0 aliphatic carbocycles. The molecule has 0 aliphatic rings. The lowest BCUT2D eigenvalue weighted by atomic mass is 10.1. The fourth-order valence-electron chi connectivity index (χ4n) is 2.13. The van der Waals surface area contributed by atoms with Gasteiger partial charge in [-0.2, -0.15) is 0 Å². The van der Waals surface area contributed by atoms with Crippen molar-refractivity contribution in [2.75, 3.05) is 12.4 Å². The second-order valence-corrected chi connectivity index (χ2v) is 6.86. The smallest absolute Gasteiger partial charge is 0.338 e. The lowest BCUT2D eigenvalue weighted by Crippen LogP contribution is -2.28. The number of rotatable bonds is 5. The molecule has 9 heteroatoms. The van der Waals surface area contributed by atoms with E-state index in [4.69, 9.17) is 0 Å². The summed E-state index contributed by atoms with van der Waals surface area (Å²) in [6.45, 7) is 1.09. The van der Waals surface area contributed by atoms with Crippen LogP contribution in [0.4, 0.5) is 5.69 Å². The SMILES string of the molecule is COC(=O)c1ccccc1C(=O)Nc1ccc(S(=O)(=O)NC(C)=O)cc1. The molecule has 0 saturated heterocycles. The third kappa shape index (κ3) is 4.45. The molecule has 2 rings (SSSR count). The van der Waals surface area contributed by atoms with E-state index in [1.807, 2.05) is 4.72 Å². The highest BCUT2D eigenvalue weighted by molar-refractivity contribution is 7.90. The zero-order valence-corrected chi connectivity index (χ0v) is 14.8. The van der Waals surface area contributed by atoms with Crippen LogP contribution in [-0.2, 0) is 19.6 Å². The predicted molar refractivity (Wildman–Crippen MR) is 93.2 cm³/mol. The van der Waals surface area contributed by atoms with Gasteiger partial charge in [-0.1, -0.05) is 12.1 Å². The van der Waals surface area contributed by atoms with Crippen LogP contribution < -0.4 is 10.0 Å². The number of hydrogen-bond donors (Lipinski definition) is 2. The number of amides is 2. The number of anilines is 1. The van der Waals surface area contributed by atoms with Gasteiger partial charge in [-0.05, 0) is 36.4 Å². The highest BCUT2D eigenvalue weighted by Gasteiger charge is 2.18. The first-order valence-corrected chi connectivity index (χ1v) is 8.85. The van der Waals surface area contributed by atoms with Crippen LogP contribution in [0.15, 0.2) is 53.4 Å². The van der Waals surface area contributed by atoms with Crippen molar-refractivity contribution in [1.82, 2.24) is 4.72 Å². The van der Waals surface area contributed by atoms with Crippen LogP contribution in [0.5, 0.6) is 0 Å². The summed E-state index contributed by atoms with van der Waals surface area (Å²) in [5.41, 5.74) is 0.545. The molecule has 2 amide bonds. The van der Waals surface area contributed by atoms with Crippen molar-refractivity contribution in [2.45, 2.75) is 11.8 Å². The number of benzene rings is 2. The highest BCUT2D eigenvalue weighted by Crippen LogP contribution is 2.17. The van der Waals surface area contributed by atoms with Gasteiger partial charge in [-0.3, -0.25) is 9.59 Å². The Kier molecular flexibility index (Phi) is 5.73. The zero-order valence-electron chi connectivity index (χ0n) is 14.0. The topological polar surface area (TPSA) is 119 Å². The summed E-state index contributed by atoms with van der Waals surface area (Å²) < 4.78 is 30.2. The Bertz CT molecular complexity index is 951. The first-order chi connectivity index (χ1) is 12.2. The van der Waals surface area contributed by atoms with E-state index in [-0.39, 0.29) is 16.0 Å². The molecule has 0 spiro atoms. The number of sulfonamides is 1. The van der Waals surface area contributed by atoms with Crippen molar-refractivity contribution >= 4 is 33.5 Å². The molecule has 0 atom stereocenters. The van der Waals surface area contributed by atoms with E-state index in [0.717, 1.165) is 6.92 Å². The quantitative estimate of drug-likeness (QED) is 0.764. The lowest BCUT2D eigenvalue weighted by Gasteiger charge is -2.10. The van der Waals surface area contributed by atoms with Gasteiger partial charge < -0.3 is 10.1 Å². The summed E-state index contributed by atoms with van der Waals surface area (Å²) >= 11 is 0. The molecule has 0 aliphatic heterocycles. The molecule has 0 heterocycles. The van der Waals surface area contributed by atoms with Gasteiger partial charge >= 0.3 is 5.97 Å². The van der Waals surface area contributed by atoms with Crippen LogP contribution in [0.25, 0.3) is 0 Å². The summed E-state index contributed by atoms with van der Waals surface area (Å²) in [6.07, 6.45) is 0. The number of carbonyl (C=O) groups excluding carboxylic acids is 3. The van der Waals surface area contributed by atoms with Crippen LogP contribution >= 0.6 is 0 Å². The standard InChI is InChI=1S/C17H16N2O6S/c1-11(20)19-26(23,24)13-9-7-12(8-10-13)18-16(21)14-5-3-4-6-15(14)17(22)25-2/h3-10H,1-2H3,(H,18,21)(H,19,20). The molecule has 136 valence electrons. The van der Waals surface area contributed by atoms with E-state index in [1.165, 1.54) is 43.5 Å². The van der Waals surface area contributed by atoms with E-state index in [2.05, 4.69) is 10.1 Å². The van der Waals surface area contributed by atoms with Crippen LogP contribution in [-0.4, -0.2) is 33.3 Å². The van der Waals surface area contributed by atoms with E-state index >= 15 is 0 Å². The van der Waals surface area contributed by atoms with E-state index < -0.39 is 27.8 Å². The van der Waals surface area contributed by atoms with Gasteiger partial charge in [0.1, 0.15) is 0 Å². The van der Waals surface area contributed by atoms with Gasteiger partial charge in [0.05, 0.1) is 23.1 Å². The minimum Gasteiger partial charge on any atom is -0.465 e. The molecule has 2 aromatic rings. The maximum atomic E-state index is 12.4. The number of esters is 1. The van der Waals surface area contributed by atoms with Crippen molar-refractivity contribution in [2.24, 2.45) is 0 Å². The average Bonchev–Trinajstić information content (AvgIpc) is 2.60. The minimum atomic E-state index is -3.95. The van der Waals surface area contributed by atoms with Crippen molar-refractivity contribution in [3.63, 3.8) is 0 Å². The van der Waals surface area contributed by atoms with Crippen LogP contribution in [0, 0.1) is 0 Å². The number of ether oxygens (including phenoxy) is 1. The highest BCUT2D eigenvalue weighted by atomic mass is 32.2. The van der Waals surface area contributed by atoms with Crippen molar-refractivity contribution in [3.8, 4) is 0 Å². The molecule has 0 unspecified atom stereocenters. The minimum absolute atomic E-state index is 0.109. The van der Waals surface area contributed by atoms with Crippen molar-refractivity contribution in [1.29, 1.82) is 0 Å². The molecule has 0 fully saturated rings. The molecular formula is C17H16N2O6S. The molecule has 0 bridgehead atoms. The number of carbonyl (C=O) groups is 3. The summed E-state index contributed by atoms with van der Waals surface area (Å²) in [7, 11) is -2.74. The predicted octanol–water partition coefficient (Wildman–Crippen LogP) is 1.55. The largest absolute Gasteiger partial charge is 0.465 e. The maximum Gasteiger partial charge on any atom is 0.338 e. The zero-order chi connectivity index (χ0) is 19.3. The van der Waals surface area contributed by atoms with Crippen LogP contribution in [0.3, 0.4) is 0 Å². The molecule has 8 nitrogen and oxygen atoms in total. The van der Waals surface area contributed by atoms with Crippen LogP contribution in [0.2, 0.25) is 0 Å². The second kappa shape index (κ2) is 7.79. The molecule has 0 saturated carbocycles. The van der Waals surface area contributed by atoms with Crippen molar-refractivity contribution in [3.05, 3.63) is 59.7 Å². The molecular weight excluding hydrogens is 360 g/mol. The first kappa shape index (κ1) is 19.1. The monoisotopic (exact) mass is 376 g/mol. The van der Waals surface area contributed by atoms with Crippen LogP contribution in [0.1, 0.15) is 27.6 Å². The molecule has 0 radical (unpaired) electrons. The molecule has 26 heavy (non-hydrogen) atoms. The lowest BCUT2D eigenvalue weighted by molar-refractivity contribution is -0.117. The molecule has 0 aromatic heterocycles. The van der Waals surface area contributed by atoms with Gasteiger partial charge in [0, 0.05) is 12.6 Å². The molecule has 2 aromatic carbocycles. The Morgan fingerprint density at radius 1 is 0.923 bits per heavy atom. The maximum absolute atomic E-state index is 12.4. The Morgan fingerprint density at radius 3 is 2.04 bits per heavy atom. The molecule has 2 N–H and O–H groups in total. The van der Waals surface area contributed by atoms with Gasteiger partial charge in [0.25, 0.3) is 15.9 Å². The average molecular weight is 376 g/mol. The third-order valence-electron chi connectivity index (χ3n) is 3.28. The number of nitrogens with one attached hydrogen (secondary N) is 2. The Labute approximate surface area is 150 Å². The van der Waals surface area contributed by atoms with E-state index in [0.29, 0.717) is 5.69 Å². The first-order valence-electron chi connectivity index (χ1n) is 7.37. The van der Waals surface area contributed by atoms with Gasteiger partial charge in [-0.15, -0.1) is 0 Å². The number of hydrogen-bond acceptors (Lipinski definition) is 6.